The minimum atomic E-state index is 0.335. The highest BCUT2D eigenvalue weighted by molar-refractivity contribution is 7.10. The molecule has 0 spiro atoms. The average molecular weight is 271 g/mol. The summed E-state index contributed by atoms with van der Waals surface area (Å²) < 4.78 is 0. The molecule has 1 atom stereocenters. The van der Waals surface area contributed by atoms with Crippen LogP contribution in [-0.4, -0.2) is 6.54 Å². The van der Waals surface area contributed by atoms with E-state index in [1.54, 1.807) is 0 Å². The molecule has 19 heavy (non-hydrogen) atoms. The Bertz CT molecular complexity index is 499. The van der Waals surface area contributed by atoms with Crippen molar-refractivity contribution in [2.75, 3.05) is 6.54 Å². The number of hydrogen-bond acceptors (Lipinski definition) is 2. The van der Waals surface area contributed by atoms with Crippen molar-refractivity contribution >= 4 is 11.3 Å². The summed E-state index contributed by atoms with van der Waals surface area (Å²) in [5.74, 6) is 0. The standard InChI is InChI=1S/C17H21NS/c1-2-12-18-16(15-9-6-13-19-15)17(10-11-17)14-7-4-3-5-8-14/h3-9,13,16,18H,2,10-12H2,1H3. The van der Waals surface area contributed by atoms with Gasteiger partial charge in [-0.3, -0.25) is 0 Å². The SMILES string of the molecule is CCCNC(c1cccs1)C1(c2ccccc2)CC1. The summed E-state index contributed by atoms with van der Waals surface area (Å²) in [6.07, 6.45) is 3.79. The fourth-order valence-corrected chi connectivity index (χ4v) is 3.88. The fraction of sp³-hybridized carbons (Fsp3) is 0.412. The third-order valence-corrected chi connectivity index (χ3v) is 5.05. The van der Waals surface area contributed by atoms with Crippen LogP contribution in [0.5, 0.6) is 0 Å². The Kier molecular flexibility index (Phi) is 3.72. The molecular weight excluding hydrogens is 250 g/mol. The number of nitrogens with one attached hydrogen (secondary N) is 1. The van der Waals surface area contributed by atoms with Gasteiger partial charge >= 0.3 is 0 Å². The minimum absolute atomic E-state index is 0.335. The van der Waals surface area contributed by atoms with E-state index in [9.17, 15) is 0 Å². The molecule has 100 valence electrons. The van der Waals surface area contributed by atoms with E-state index in [4.69, 9.17) is 0 Å². The van der Waals surface area contributed by atoms with Gasteiger partial charge in [0.2, 0.25) is 0 Å². The summed E-state index contributed by atoms with van der Waals surface area (Å²) in [5.41, 5.74) is 1.83. The molecule has 1 unspecified atom stereocenters. The van der Waals surface area contributed by atoms with Gasteiger partial charge in [-0.15, -0.1) is 11.3 Å². The molecule has 1 aliphatic rings. The lowest BCUT2D eigenvalue weighted by Gasteiger charge is -2.28. The van der Waals surface area contributed by atoms with Crippen molar-refractivity contribution in [2.45, 2.75) is 37.6 Å². The van der Waals surface area contributed by atoms with Gasteiger partial charge in [0.1, 0.15) is 0 Å². The maximum atomic E-state index is 3.78. The highest BCUT2D eigenvalue weighted by Gasteiger charge is 2.51. The van der Waals surface area contributed by atoms with E-state index in [1.165, 1.54) is 29.7 Å². The molecule has 1 saturated carbocycles. The van der Waals surface area contributed by atoms with Gasteiger partial charge in [-0.2, -0.15) is 0 Å². The zero-order valence-electron chi connectivity index (χ0n) is 11.4. The molecule has 3 rings (SSSR count). The van der Waals surface area contributed by atoms with Gasteiger partial charge in [-0.25, -0.2) is 0 Å². The van der Waals surface area contributed by atoms with Gasteiger partial charge in [-0.1, -0.05) is 43.3 Å². The van der Waals surface area contributed by atoms with Crippen LogP contribution in [0.3, 0.4) is 0 Å². The first-order valence-corrected chi connectivity index (χ1v) is 8.07. The summed E-state index contributed by atoms with van der Waals surface area (Å²) in [6, 6.07) is 16.0. The van der Waals surface area contributed by atoms with Crippen molar-refractivity contribution in [3.8, 4) is 0 Å². The third kappa shape index (κ3) is 2.47. The average Bonchev–Trinajstić information content (AvgIpc) is 3.08. The summed E-state index contributed by atoms with van der Waals surface area (Å²) in [5, 5.41) is 5.97. The second-order valence-corrected chi connectivity index (χ2v) is 6.40. The molecule has 1 aliphatic carbocycles. The number of hydrogen-bond donors (Lipinski definition) is 1. The summed E-state index contributed by atoms with van der Waals surface area (Å²) >= 11 is 1.88. The Morgan fingerprint density at radius 2 is 1.95 bits per heavy atom. The summed E-state index contributed by atoms with van der Waals surface area (Å²) in [6.45, 7) is 3.33. The zero-order valence-corrected chi connectivity index (χ0v) is 12.2. The maximum Gasteiger partial charge on any atom is 0.0512 e. The monoisotopic (exact) mass is 271 g/mol. The lowest BCUT2D eigenvalue weighted by Crippen LogP contribution is -2.32. The second kappa shape index (κ2) is 5.48. The van der Waals surface area contributed by atoms with E-state index in [-0.39, 0.29) is 0 Å². The van der Waals surface area contributed by atoms with Gasteiger partial charge in [0.25, 0.3) is 0 Å². The molecule has 1 nitrogen and oxygen atoms in total. The Labute approximate surface area is 119 Å². The lowest BCUT2D eigenvalue weighted by atomic mass is 9.87. The minimum Gasteiger partial charge on any atom is -0.309 e. The molecule has 0 bridgehead atoms. The first kappa shape index (κ1) is 12.9. The van der Waals surface area contributed by atoms with Crippen molar-refractivity contribution in [3.05, 3.63) is 58.3 Å². The van der Waals surface area contributed by atoms with E-state index in [0.717, 1.165) is 6.54 Å². The Morgan fingerprint density at radius 1 is 1.16 bits per heavy atom. The van der Waals surface area contributed by atoms with Crippen LogP contribution in [0.4, 0.5) is 0 Å². The lowest BCUT2D eigenvalue weighted by molar-refractivity contribution is 0.435. The van der Waals surface area contributed by atoms with Crippen LogP contribution >= 0.6 is 11.3 Å². The highest BCUT2D eigenvalue weighted by atomic mass is 32.1. The fourth-order valence-electron chi connectivity index (χ4n) is 2.96. The largest absolute Gasteiger partial charge is 0.309 e. The first-order valence-electron chi connectivity index (χ1n) is 7.19. The van der Waals surface area contributed by atoms with Crippen LogP contribution in [-0.2, 0) is 5.41 Å². The van der Waals surface area contributed by atoms with E-state index in [1.807, 2.05) is 11.3 Å². The van der Waals surface area contributed by atoms with E-state index in [2.05, 4.69) is 60.1 Å². The van der Waals surface area contributed by atoms with Crippen molar-refractivity contribution in [3.63, 3.8) is 0 Å². The molecule has 1 N–H and O–H groups in total. The topological polar surface area (TPSA) is 12.0 Å². The molecule has 2 aromatic rings. The van der Waals surface area contributed by atoms with E-state index in [0.29, 0.717) is 11.5 Å². The highest BCUT2D eigenvalue weighted by Crippen LogP contribution is 2.57. The van der Waals surface area contributed by atoms with Crippen LogP contribution in [0.2, 0.25) is 0 Å². The number of thiophene rings is 1. The molecule has 0 saturated heterocycles. The Hall–Kier alpha value is -1.12. The van der Waals surface area contributed by atoms with Crippen LogP contribution in [0.15, 0.2) is 47.8 Å². The smallest absolute Gasteiger partial charge is 0.0512 e. The van der Waals surface area contributed by atoms with Crippen molar-refractivity contribution in [1.82, 2.24) is 5.32 Å². The molecular formula is C17H21NS. The van der Waals surface area contributed by atoms with Gasteiger partial charge in [0, 0.05) is 10.3 Å². The van der Waals surface area contributed by atoms with Gasteiger partial charge in [-0.05, 0) is 42.8 Å². The molecule has 0 radical (unpaired) electrons. The van der Waals surface area contributed by atoms with Crippen LogP contribution in [0.25, 0.3) is 0 Å². The van der Waals surface area contributed by atoms with Crippen molar-refractivity contribution < 1.29 is 0 Å². The number of benzene rings is 1. The van der Waals surface area contributed by atoms with E-state index >= 15 is 0 Å². The van der Waals surface area contributed by atoms with Crippen LogP contribution in [0.1, 0.15) is 42.7 Å². The third-order valence-electron chi connectivity index (χ3n) is 4.12. The molecule has 0 aliphatic heterocycles. The number of rotatable bonds is 6. The zero-order chi connectivity index (χ0) is 13.1. The Morgan fingerprint density at radius 3 is 2.53 bits per heavy atom. The predicted molar refractivity (Wildman–Crippen MR) is 82.7 cm³/mol. The first-order chi connectivity index (χ1) is 9.37. The molecule has 1 fully saturated rings. The van der Waals surface area contributed by atoms with E-state index < -0.39 is 0 Å². The van der Waals surface area contributed by atoms with Gasteiger partial charge < -0.3 is 5.32 Å². The quantitative estimate of drug-likeness (QED) is 0.814. The predicted octanol–water partition coefficient (Wildman–Crippen LogP) is 4.52. The summed E-state index contributed by atoms with van der Waals surface area (Å²) in [7, 11) is 0. The molecule has 1 aromatic carbocycles. The van der Waals surface area contributed by atoms with Crippen LogP contribution < -0.4 is 5.32 Å². The maximum absolute atomic E-state index is 3.78. The second-order valence-electron chi connectivity index (χ2n) is 5.42. The molecule has 0 amide bonds. The molecule has 1 heterocycles. The Balaban J connectivity index is 1.91. The molecule has 1 aromatic heterocycles. The normalized spacial score (nSPS) is 18.2. The van der Waals surface area contributed by atoms with Crippen LogP contribution in [0, 0.1) is 0 Å². The summed E-state index contributed by atoms with van der Waals surface area (Å²) in [4.78, 5) is 1.48. The van der Waals surface area contributed by atoms with Crippen molar-refractivity contribution in [2.24, 2.45) is 0 Å². The molecule has 2 heteroatoms. The van der Waals surface area contributed by atoms with Crippen molar-refractivity contribution in [1.29, 1.82) is 0 Å². The van der Waals surface area contributed by atoms with Gasteiger partial charge in [0.05, 0.1) is 6.04 Å². The van der Waals surface area contributed by atoms with Gasteiger partial charge in [0.15, 0.2) is 0 Å².